The molecule has 0 aromatic rings. The lowest BCUT2D eigenvalue weighted by molar-refractivity contribution is 0.358. The number of epoxide rings is 1. The van der Waals surface area contributed by atoms with Crippen LogP contribution in [0.15, 0.2) is 37.0 Å². The molecule has 0 aliphatic carbocycles. The molecule has 1 heterocycles. The number of rotatable bonds is 15. The Kier molecular flexibility index (Phi) is 12.1. The van der Waals surface area contributed by atoms with Crippen molar-refractivity contribution in [2.75, 3.05) is 0 Å². The molecule has 1 saturated heterocycles. The first-order valence-corrected chi connectivity index (χ1v) is 9.46. The molecule has 0 spiro atoms. The van der Waals surface area contributed by atoms with E-state index in [0.717, 1.165) is 12.8 Å². The molecule has 1 aliphatic heterocycles. The zero-order chi connectivity index (χ0) is 15.9. The van der Waals surface area contributed by atoms with Crippen LogP contribution in [0.2, 0.25) is 0 Å². The van der Waals surface area contributed by atoms with Gasteiger partial charge in [0, 0.05) is 0 Å². The number of ether oxygens (including phenoxy) is 1. The van der Waals surface area contributed by atoms with Crippen molar-refractivity contribution in [3.63, 3.8) is 0 Å². The lowest BCUT2D eigenvalue weighted by Gasteiger charge is -2.01. The molecule has 0 bridgehead atoms. The van der Waals surface area contributed by atoms with Gasteiger partial charge in [-0.05, 0) is 19.3 Å². The highest BCUT2D eigenvalue weighted by Gasteiger charge is 2.36. The summed E-state index contributed by atoms with van der Waals surface area (Å²) in [5, 5.41) is 0. The van der Waals surface area contributed by atoms with Gasteiger partial charge < -0.3 is 4.74 Å². The second kappa shape index (κ2) is 13.8. The Morgan fingerprint density at radius 2 is 1.50 bits per heavy atom. The molecule has 1 heteroatoms. The topological polar surface area (TPSA) is 12.5 Å². The Morgan fingerprint density at radius 1 is 0.818 bits per heavy atom. The Labute approximate surface area is 138 Å². The summed E-state index contributed by atoms with van der Waals surface area (Å²) in [6.45, 7) is 5.94. The maximum absolute atomic E-state index is 5.73. The van der Waals surface area contributed by atoms with Crippen LogP contribution in [0.3, 0.4) is 0 Å². The van der Waals surface area contributed by atoms with Crippen molar-refractivity contribution in [1.29, 1.82) is 0 Å². The number of hydrogen-bond acceptors (Lipinski definition) is 1. The van der Waals surface area contributed by atoms with Crippen LogP contribution < -0.4 is 0 Å². The molecule has 1 fully saturated rings. The maximum atomic E-state index is 5.73. The zero-order valence-corrected chi connectivity index (χ0v) is 14.6. The van der Waals surface area contributed by atoms with Gasteiger partial charge in [0.25, 0.3) is 0 Å². The first-order valence-electron chi connectivity index (χ1n) is 9.46. The molecule has 0 aromatic carbocycles. The Morgan fingerprint density at radius 3 is 2.18 bits per heavy atom. The summed E-state index contributed by atoms with van der Waals surface area (Å²) >= 11 is 0. The van der Waals surface area contributed by atoms with Gasteiger partial charge in [-0.3, -0.25) is 0 Å². The third kappa shape index (κ3) is 10.8. The molecule has 0 N–H and O–H groups in total. The van der Waals surface area contributed by atoms with Crippen LogP contribution in [0, 0.1) is 0 Å². The van der Waals surface area contributed by atoms with Crippen LogP contribution in [0.4, 0.5) is 0 Å². The van der Waals surface area contributed by atoms with Crippen molar-refractivity contribution >= 4 is 0 Å². The summed E-state index contributed by atoms with van der Waals surface area (Å²) in [5.74, 6) is 0. The van der Waals surface area contributed by atoms with E-state index < -0.39 is 0 Å². The van der Waals surface area contributed by atoms with Crippen molar-refractivity contribution in [3.8, 4) is 0 Å². The second-order valence-corrected chi connectivity index (χ2v) is 6.44. The van der Waals surface area contributed by atoms with Gasteiger partial charge in [-0.2, -0.15) is 0 Å². The summed E-state index contributed by atoms with van der Waals surface area (Å²) in [7, 11) is 0. The Balaban J connectivity index is 1.82. The van der Waals surface area contributed by atoms with E-state index in [2.05, 4.69) is 31.7 Å². The van der Waals surface area contributed by atoms with E-state index in [1.807, 2.05) is 12.2 Å². The molecule has 0 unspecified atom stereocenters. The second-order valence-electron chi connectivity index (χ2n) is 6.44. The van der Waals surface area contributed by atoms with Gasteiger partial charge >= 0.3 is 0 Å². The first-order chi connectivity index (χ1) is 10.9. The predicted octanol–water partition coefficient (Wildman–Crippen LogP) is 6.75. The molecule has 2 atom stereocenters. The molecular weight excluding hydrogens is 268 g/mol. The van der Waals surface area contributed by atoms with E-state index in [0.29, 0.717) is 12.2 Å². The van der Waals surface area contributed by atoms with Crippen molar-refractivity contribution in [2.45, 2.75) is 96.2 Å². The van der Waals surface area contributed by atoms with E-state index in [-0.39, 0.29) is 0 Å². The fourth-order valence-corrected chi connectivity index (χ4v) is 2.88. The number of unbranched alkanes of at least 4 members (excludes halogenated alkanes) is 8. The molecular formula is C21H36O. The summed E-state index contributed by atoms with van der Waals surface area (Å²) in [6.07, 6.45) is 27.5. The summed E-state index contributed by atoms with van der Waals surface area (Å²) in [4.78, 5) is 0. The smallest absolute Gasteiger partial charge is 0.0876 e. The summed E-state index contributed by atoms with van der Waals surface area (Å²) in [6, 6.07) is 0. The highest BCUT2D eigenvalue weighted by atomic mass is 16.6. The highest BCUT2D eigenvalue weighted by molar-refractivity contribution is 5.02. The molecule has 0 amide bonds. The van der Waals surface area contributed by atoms with Gasteiger partial charge in [0.2, 0.25) is 0 Å². The molecule has 1 rings (SSSR count). The fraction of sp³-hybridized carbons (Fsp3) is 0.714. The van der Waals surface area contributed by atoms with Gasteiger partial charge in [-0.1, -0.05) is 102 Å². The predicted molar refractivity (Wildman–Crippen MR) is 98.2 cm³/mol. The van der Waals surface area contributed by atoms with Crippen molar-refractivity contribution < 1.29 is 4.74 Å². The molecule has 126 valence electrons. The average molecular weight is 305 g/mol. The van der Waals surface area contributed by atoms with Crippen molar-refractivity contribution in [3.05, 3.63) is 37.0 Å². The maximum Gasteiger partial charge on any atom is 0.0876 e. The monoisotopic (exact) mass is 304 g/mol. The number of allylic oxidation sites excluding steroid dienone is 4. The van der Waals surface area contributed by atoms with Gasteiger partial charge in [0.1, 0.15) is 0 Å². The molecule has 0 aromatic heterocycles. The van der Waals surface area contributed by atoms with Gasteiger partial charge in [0.05, 0.1) is 12.2 Å². The lowest BCUT2D eigenvalue weighted by Crippen LogP contribution is -1.93. The lowest BCUT2D eigenvalue weighted by atomic mass is 10.0. The SMILES string of the molecule is C=CC=CCC=CC[C@@H]1O[C@@H]1CCCCCCCCCCC. The van der Waals surface area contributed by atoms with Gasteiger partial charge in [-0.25, -0.2) is 0 Å². The molecule has 0 radical (unpaired) electrons. The van der Waals surface area contributed by atoms with E-state index >= 15 is 0 Å². The minimum absolute atomic E-state index is 0.508. The van der Waals surface area contributed by atoms with E-state index in [4.69, 9.17) is 4.74 Å². The van der Waals surface area contributed by atoms with Gasteiger partial charge in [0.15, 0.2) is 0 Å². The standard InChI is InChI=1S/C21H36O/c1-3-5-7-9-11-12-13-15-17-19-21-20(22-21)18-16-14-10-8-6-4-2/h4,6,8,14,16,20-21H,2-3,5,7,9-13,15,17-19H2,1H3/t20-,21+/m0/s1. The van der Waals surface area contributed by atoms with Crippen molar-refractivity contribution in [2.24, 2.45) is 0 Å². The quantitative estimate of drug-likeness (QED) is 0.141. The Hall–Kier alpha value is -0.820. The van der Waals surface area contributed by atoms with Crippen LogP contribution in [-0.4, -0.2) is 12.2 Å². The summed E-state index contributed by atoms with van der Waals surface area (Å²) < 4.78 is 5.73. The largest absolute Gasteiger partial charge is 0.369 e. The molecule has 22 heavy (non-hydrogen) atoms. The van der Waals surface area contributed by atoms with Crippen molar-refractivity contribution in [1.82, 2.24) is 0 Å². The first kappa shape index (κ1) is 19.2. The third-order valence-electron chi connectivity index (χ3n) is 4.36. The Bertz CT molecular complexity index is 316. The normalized spacial score (nSPS) is 21.0. The average Bonchev–Trinajstić information content (AvgIpc) is 3.27. The highest BCUT2D eigenvalue weighted by Crippen LogP contribution is 2.30. The van der Waals surface area contributed by atoms with Crippen LogP contribution >= 0.6 is 0 Å². The molecule has 1 nitrogen and oxygen atoms in total. The molecule has 0 saturated carbocycles. The molecule has 1 aliphatic rings. The van der Waals surface area contributed by atoms with Crippen LogP contribution in [0.5, 0.6) is 0 Å². The third-order valence-corrected chi connectivity index (χ3v) is 4.36. The van der Waals surface area contributed by atoms with Crippen LogP contribution in [0.25, 0.3) is 0 Å². The number of hydrogen-bond donors (Lipinski definition) is 0. The minimum atomic E-state index is 0.508. The van der Waals surface area contributed by atoms with E-state index in [1.165, 1.54) is 64.2 Å². The van der Waals surface area contributed by atoms with E-state index in [9.17, 15) is 0 Å². The fourth-order valence-electron chi connectivity index (χ4n) is 2.88. The van der Waals surface area contributed by atoms with Gasteiger partial charge in [-0.15, -0.1) is 0 Å². The summed E-state index contributed by atoms with van der Waals surface area (Å²) in [5.41, 5.74) is 0. The zero-order valence-electron chi connectivity index (χ0n) is 14.6. The van der Waals surface area contributed by atoms with Crippen LogP contribution in [-0.2, 0) is 4.74 Å². The van der Waals surface area contributed by atoms with E-state index in [1.54, 1.807) is 0 Å². The van der Waals surface area contributed by atoms with Crippen LogP contribution in [0.1, 0.15) is 84.0 Å². The minimum Gasteiger partial charge on any atom is -0.369 e.